The molecule has 0 saturated carbocycles. The third kappa shape index (κ3) is 27.4. The van der Waals surface area contributed by atoms with Crippen LogP contribution in [0.1, 0.15) is 208 Å². The normalized spacial score (nSPS) is 13.5. The van der Waals surface area contributed by atoms with E-state index in [0.717, 1.165) is 38.5 Å². The molecule has 0 aliphatic heterocycles. The van der Waals surface area contributed by atoms with Gasteiger partial charge in [-0.2, -0.15) is 0 Å². The second-order valence-electron chi connectivity index (χ2n) is 13.4. The molecule has 0 radical (unpaired) electrons. The molecule has 3 heteroatoms. The van der Waals surface area contributed by atoms with Crippen molar-refractivity contribution in [2.45, 2.75) is 220 Å². The number of unbranched alkanes of at least 4 members (excludes halogenated alkanes) is 23. The molecule has 1 N–H and O–H groups in total. The fraction of sp³-hybridized carbons (Fsp3) is 0.972. The second-order valence-corrected chi connectivity index (χ2v) is 13.4. The van der Waals surface area contributed by atoms with Crippen molar-refractivity contribution in [2.75, 3.05) is 0 Å². The predicted octanol–water partition coefficient (Wildman–Crippen LogP) is 11.9. The van der Waals surface area contributed by atoms with Gasteiger partial charge >= 0.3 is 5.97 Å². The molecular weight excluding hydrogens is 480 g/mol. The van der Waals surface area contributed by atoms with Gasteiger partial charge < -0.3 is 9.84 Å². The first kappa shape index (κ1) is 38.4. The van der Waals surface area contributed by atoms with Crippen LogP contribution in [-0.4, -0.2) is 22.8 Å². The Balaban J connectivity index is 4.02. The third-order valence-corrected chi connectivity index (χ3v) is 8.15. The van der Waals surface area contributed by atoms with Gasteiger partial charge in [0, 0.05) is 0 Å². The van der Waals surface area contributed by atoms with Crippen LogP contribution in [0.5, 0.6) is 0 Å². The van der Waals surface area contributed by atoms with E-state index < -0.39 is 11.7 Å². The molecule has 0 aromatic carbocycles. The van der Waals surface area contributed by atoms with Crippen molar-refractivity contribution in [3.8, 4) is 0 Å². The van der Waals surface area contributed by atoms with Crippen molar-refractivity contribution >= 4 is 5.97 Å². The van der Waals surface area contributed by atoms with Crippen LogP contribution in [0.25, 0.3) is 0 Å². The fourth-order valence-electron chi connectivity index (χ4n) is 5.62. The summed E-state index contributed by atoms with van der Waals surface area (Å²) in [7, 11) is 0. The van der Waals surface area contributed by atoms with E-state index >= 15 is 0 Å². The quantitative estimate of drug-likeness (QED) is 0.0741. The van der Waals surface area contributed by atoms with Gasteiger partial charge in [0.25, 0.3) is 0 Å². The molecule has 0 saturated heterocycles. The van der Waals surface area contributed by atoms with Gasteiger partial charge in [0.05, 0.1) is 12.0 Å². The molecule has 234 valence electrons. The summed E-state index contributed by atoms with van der Waals surface area (Å²) in [6.45, 7) is 10.3. The Morgan fingerprint density at radius 2 is 0.795 bits per heavy atom. The lowest BCUT2D eigenvalue weighted by molar-refractivity contribution is -0.164. The highest BCUT2D eigenvalue weighted by Crippen LogP contribution is 2.24. The van der Waals surface area contributed by atoms with Gasteiger partial charge in [-0.3, -0.25) is 4.79 Å². The monoisotopic (exact) mass is 553 g/mol. The van der Waals surface area contributed by atoms with Crippen molar-refractivity contribution in [2.24, 2.45) is 5.92 Å². The number of aliphatic hydroxyl groups is 1. The smallest absolute Gasteiger partial charge is 0.312 e. The van der Waals surface area contributed by atoms with E-state index in [1.165, 1.54) is 135 Å². The lowest BCUT2D eigenvalue weighted by Gasteiger charge is -2.27. The molecule has 0 aliphatic carbocycles. The summed E-state index contributed by atoms with van der Waals surface area (Å²) in [5.41, 5.74) is -0.499. The first-order valence-electron chi connectivity index (χ1n) is 17.7. The third-order valence-electron chi connectivity index (χ3n) is 8.15. The molecular formula is C36H72O3. The number of rotatable bonds is 29. The minimum atomic E-state index is -0.569. The summed E-state index contributed by atoms with van der Waals surface area (Å²) < 4.78 is 5.70. The van der Waals surface area contributed by atoms with Crippen molar-refractivity contribution in [1.29, 1.82) is 0 Å². The van der Waals surface area contributed by atoms with Gasteiger partial charge in [-0.1, -0.05) is 174 Å². The van der Waals surface area contributed by atoms with E-state index in [2.05, 4.69) is 13.8 Å². The number of hydrogen-bond acceptors (Lipinski definition) is 3. The van der Waals surface area contributed by atoms with E-state index in [1.807, 2.05) is 20.8 Å². The van der Waals surface area contributed by atoms with Crippen molar-refractivity contribution in [3.05, 3.63) is 0 Å². The Morgan fingerprint density at radius 3 is 1.10 bits per heavy atom. The molecule has 0 spiro atoms. The van der Waals surface area contributed by atoms with Crippen LogP contribution >= 0.6 is 0 Å². The molecule has 0 rings (SSSR count). The highest BCUT2D eigenvalue weighted by Gasteiger charge is 2.30. The summed E-state index contributed by atoms with van der Waals surface area (Å²) in [4.78, 5) is 12.9. The summed E-state index contributed by atoms with van der Waals surface area (Å²) in [5.74, 6) is -0.572. The summed E-state index contributed by atoms with van der Waals surface area (Å²) in [6.07, 6.45) is 33.8. The van der Waals surface area contributed by atoms with E-state index in [4.69, 9.17) is 4.74 Å². The number of carbonyl (C=O) groups is 1. The van der Waals surface area contributed by atoms with Gasteiger partial charge in [-0.05, 0) is 33.6 Å². The molecule has 0 fully saturated rings. The molecule has 0 amide bonds. The molecule has 0 aromatic rings. The summed E-state index contributed by atoms with van der Waals surface area (Å²) in [5, 5.41) is 10.9. The van der Waals surface area contributed by atoms with Crippen LogP contribution in [0.3, 0.4) is 0 Å². The molecule has 2 atom stereocenters. The van der Waals surface area contributed by atoms with Crippen LogP contribution in [0.4, 0.5) is 0 Å². The fourth-order valence-corrected chi connectivity index (χ4v) is 5.62. The highest BCUT2D eigenvalue weighted by molar-refractivity contribution is 5.73. The van der Waals surface area contributed by atoms with Crippen LogP contribution in [0.2, 0.25) is 0 Å². The number of hydrogen-bond donors (Lipinski definition) is 1. The molecule has 3 nitrogen and oxygen atoms in total. The van der Waals surface area contributed by atoms with Crippen LogP contribution in [0.15, 0.2) is 0 Å². The average Bonchev–Trinajstić information content (AvgIpc) is 2.88. The zero-order valence-electron chi connectivity index (χ0n) is 27.5. The van der Waals surface area contributed by atoms with Gasteiger partial charge in [-0.25, -0.2) is 0 Å². The maximum absolute atomic E-state index is 12.9. The Hall–Kier alpha value is -0.570. The molecule has 0 aliphatic rings. The topological polar surface area (TPSA) is 46.5 Å². The van der Waals surface area contributed by atoms with Crippen molar-refractivity contribution in [3.63, 3.8) is 0 Å². The molecule has 0 bridgehead atoms. The maximum atomic E-state index is 12.9. The lowest BCUT2D eigenvalue weighted by atomic mass is 9.91. The number of carbonyl (C=O) groups excluding carboxylic acids is 1. The van der Waals surface area contributed by atoms with Crippen LogP contribution in [0, 0.1) is 5.92 Å². The van der Waals surface area contributed by atoms with E-state index in [0.29, 0.717) is 0 Å². The van der Waals surface area contributed by atoms with Crippen LogP contribution < -0.4 is 0 Å². The Kier molecular flexibility index (Phi) is 27.2. The van der Waals surface area contributed by atoms with Gasteiger partial charge in [0.2, 0.25) is 0 Å². The maximum Gasteiger partial charge on any atom is 0.312 e. The largest absolute Gasteiger partial charge is 0.460 e. The standard InChI is InChI=1S/C36H72O3/c1-6-8-10-12-14-16-18-20-22-24-26-28-30-32-34(37)33(35(38)39-36(3,4)5)31-29-27-25-23-21-19-17-15-13-11-9-7-2/h33-34,37H,6-32H2,1-5H3/t33-,34-/m1/s1. The van der Waals surface area contributed by atoms with E-state index in [-0.39, 0.29) is 11.9 Å². The number of ether oxygens (including phenoxy) is 1. The Bertz CT molecular complexity index is 510. The molecule has 39 heavy (non-hydrogen) atoms. The lowest BCUT2D eigenvalue weighted by Crippen LogP contribution is -2.35. The average molecular weight is 553 g/mol. The molecule has 0 heterocycles. The Labute approximate surface area is 246 Å². The van der Waals surface area contributed by atoms with Gasteiger partial charge in [0.15, 0.2) is 0 Å². The van der Waals surface area contributed by atoms with E-state index in [1.54, 1.807) is 0 Å². The Morgan fingerprint density at radius 1 is 0.513 bits per heavy atom. The first-order valence-corrected chi connectivity index (χ1v) is 17.7. The summed E-state index contributed by atoms with van der Waals surface area (Å²) >= 11 is 0. The number of aliphatic hydroxyl groups excluding tert-OH is 1. The van der Waals surface area contributed by atoms with Crippen LogP contribution in [-0.2, 0) is 9.53 Å². The molecule has 0 aromatic heterocycles. The van der Waals surface area contributed by atoms with Crippen molar-refractivity contribution < 1.29 is 14.6 Å². The van der Waals surface area contributed by atoms with Crippen molar-refractivity contribution in [1.82, 2.24) is 0 Å². The summed E-state index contributed by atoms with van der Waals surface area (Å²) in [6, 6.07) is 0. The van der Waals surface area contributed by atoms with Gasteiger partial charge in [-0.15, -0.1) is 0 Å². The highest BCUT2D eigenvalue weighted by atomic mass is 16.6. The number of esters is 1. The SMILES string of the molecule is CCCCCCCCCCCCCCC[C@@H](O)[C@@H](CCCCCCCCCCCCCC)C(=O)OC(C)(C)C. The first-order chi connectivity index (χ1) is 18.8. The second kappa shape index (κ2) is 27.6. The zero-order valence-corrected chi connectivity index (χ0v) is 27.5. The predicted molar refractivity (Wildman–Crippen MR) is 171 cm³/mol. The molecule has 0 unspecified atom stereocenters. The minimum absolute atomic E-state index is 0.201. The van der Waals surface area contributed by atoms with E-state index in [9.17, 15) is 9.90 Å². The zero-order chi connectivity index (χ0) is 29.0. The van der Waals surface area contributed by atoms with Gasteiger partial charge in [0.1, 0.15) is 5.60 Å². The minimum Gasteiger partial charge on any atom is -0.460 e.